The number of urea groups is 1. The van der Waals surface area contributed by atoms with Gasteiger partial charge >= 0.3 is 6.03 Å². The van der Waals surface area contributed by atoms with Gasteiger partial charge in [-0.15, -0.1) is 0 Å². The Bertz CT molecular complexity index is 521. The number of halogens is 1. The second-order valence-electron chi connectivity index (χ2n) is 6.23. The molecule has 0 bridgehead atoms. The van der Waals surface area contributed by atoms with Crippen molar-refractivity contribution < 1.29 is 14.3 Å². The molecule has 4 nitrogen and oxygen atoms in total. The Morgan fingerprint density at radius 1 is 1.41 bits per heavy atom. The van der Waals surface area contributed by atoms with E-state index in [1.54, 1.807) is 24.9 Å². The van der Waals surface area contributed by atoms with Crippen LogP contribution >= 0.6 is 0 Å². The molecule has 0 saturated heterocycles. The smallest absolute Gasteiger partial charge is 0.317 e. The minimum absolute atomic E-state index is 0.154. The van der Waals surface area contributed by atoms with E-state index in [9.17, 15) is 14.3 Å². The van der Waals surface area contributed by atoms with E-state index in [1.807, 2.05) is 6.07 Å². The monoisotopic (exact) mass is 308 g/mol. The van der Waals surface area contributed by atoms with Crippen LogP contribution in [0.4, 0.5) is 9.18 Å². The van der Waals surface area contributed by atoms with Crippen LogP contribution in [0.15, 0.2) is 18.2 Å². The zero-order chi connectivity index (χ0) is 16.1. The largest absolute Gasteiger partial charge is 0.393 e. The molecule has 0 spiro atoms. The Kier molecular flexibility index (Phi) is 5.77. The average molecular weight is 308 g/mol. The van der Waals surface area contributed by atoms with Crippen molar-refractivity contribution in [1.29, 1.82) is 0 Å². The zero-order valence-corrected chi connectivity index (χ0v) is 13.3. The van der Waals surface area contributed by atoms with E-state index in [-0.39, 0.29) is 23.9 Å². The standard InChI is InChI=1S/C17H25FN2O2/c1-12-7-8-13(9-15(12)18)10-19-17(22)20(2)11-14-5-3-4-6-16(14)21/h7-9,14,16,21H,3-6,10-11H2,1-2H3,(H,19,22). The van der Waals surface area contributed by atoms with Crippen molar-refractivity contribution in [2.75, 3.05) is 13.6 Å². The second kappa shape index (κ2) is 7.58. The summed E-state index contributed by atoms with van der Waals surface area (Å²) in [7, 11) is 1.73. The summed E-state index contributed by atoms with van der Waals surface area (Å²) < 4.78 is 13.5. The number of nitrogens with zero attached hydrogens (tertiary/aromatic N) is 1. The first-order valence-electron chi connectivity index (χ1n) is 7.89. The van der Waals surface area contributed by atoms with Crippen molar-refractivity contribution in [1.82, 2.24) is 10.2 Å². The number of hydrogen-bond acceptors (Lipinski definition) is 2. The highest BCUT2D eigenvalue weighted by Gasteiger charge is 2.25. The normalized spacial score (nSPS) is 21.5. The molecule has 1 fully saturated rings. The summed E-state index contributed by atoms with van der Waals surface area (Å²) in [5, 5.41) is 12.8. The summed E-state index contributed by atoms with van der Waals surface area (Å²) in [5.41, 5.74) is 1.33. The first-order valence-corrected chi connectivity index (χ1v) is 7.89. The van der Waals surface area contributed by atoms with E-state index in [1.165, 1.54) is 6.07 Å². The summed E-state index contributed by atoms with van der Waals surface area (Å²) in [6.45, 7) is 2.56. The van der Waals surface area contributed by atoms with Crippen molar-refractivity contribution in [2.45, 2.75) is 45.3 Å². The molecule has 22 heavy (non-hydrogen) atoms. The molecule has 1 aliphatic carbocycles. The van der Waals surface area contributed by atoms with Crippen LogP contribution in [-0.4, -0.2) is 35.7 Å². The molecule has 1 aromatic carbocycles. The number of carbonyl (C=O) groups is 1. The van der Waals surface area contributed by atoms with Gasteiger partial charge in [-0.2, -0.15) is 0 Å². The lowest BCUT2D eigenvalue weighted by Crippen LogP contribution is -2.42. The van der Waals surface area contributed by atoms with Crippen LogP contribution in [0.5, 0.6) is 0 Å². The lowest BCUT2D eigenvalue weighted by atomic mass is 9.86. The van der Waals surface area contributed by atoms with Gasteiger partial charge in [-0.25, -0.2) is 9.18 Å². The third-order valence-electron chi connectivity index (χ3n) is 4.40. The van der Waals surface area contributed by atoms with Crippen LogP contribution in [0.2, 0.25) is 0 Å². The lowest BCUT2D eigenvalue weighted by Gasteiger charge is -2.31. The summed E-state index contributed by atoms with van der Waals surface area (Å²) in [5.74, 6) is -0.105. The topological polar surface area (TPSA) is 52.6 Å². The van der Waals surface area contributed by atoms with E-state index in [2.05, 4.69) is 5.32 Å². The number of rotatable bonds is 4. The predicted molar refractivity (Wildman–Crippen MR) is 84.0 cm³/mol. The molecular weight excluding hydrogens is 283 g/mol. The van der Waals surface area contributed by atoms with Gasteiger partial charge in [-0.05, 0) is 37.0 Å². The molecule has 0 radical (unpaired) electrons. The highest BCUT2D eigenvalue weighted by Crippen LogP contribution is 2.24. The van der Waals surface area contributed by atoms with Gasteiger partial charge < -0.3 is 15.3 Å². The summed E-state index contributed by atoms with van der Waals surface area (Å²) in [4.78, 5) is 13.7. The number of hydrogen-bond donors (Lipinski definition) is 2. The van der Waals surface area contributed by atoms with Crippen LogP contribution < -0.4 is 5.32 Å². The molecular formula is C17H25FN2O2. The Morgan fingerprint density at radius 2 is 2.14 bits per heavy atom. The van der Waals surface area contributed by atoms with E-state index < -0.39 is 0 Å². The highest BCUT2D eigenvalue weighted by atomic mass is 19.1. The molecule has 2 atom stereocenters. The third-order valence-corrected chi connectivity index (χ3v) is 4.40. The van der Waals surface area contributed by atoms with Crippen LogP contribution in [0.1, 0.15) is 36.8 Å². The van der Waals surface area contributed by atoms with Crippen LogP contribution in [-0.2, 0) is 6.54 Å². The van der Waals surface area contributed by atoms with Crippen LogP contribution in [0.3, 0.4) is 0 Å². The fourth-order valence-corrected chi connectivity index (χ4v) is 2.89. The quantitative estimate of drug-likeness (QED) is 0.898. The molecule has 1 saturated carbocycles. The molecule has 0 aromatic heterocycles. The van der Waals surface area contributed by atoms with Crippen molar-refractivity contribution in [3.8, 4) is 0 Å². The minimum atomic E-state index is -0.310. The van der Waals surface area contributed by atoms with E-state index in [0.29, 0.717) is 18.7 Å². The Labute approximate surface area is 131 Å². The molecule has 1 aromatic rings. The third kappa shape index (κ3) is 4.44. The summed E-state index contributed by atoms with van der Waals surface area (Å²) in [6, 6.07) is 4.77. The van der Waals surface area contributed by atoms with Crippen molar-refractivity contribution in [3.63, 3.8) is 0 Å². The summed E-state index contributed by atoms with van der Waals surface area (Å²) in [6.07, 6.45) is 3.65. The van der Waals surface area contributed by atoms with Crippen LogP contribution in [0, 0.1) is 18.7 Å². The molecule has 5 heteroatoms. The Morgan fingerprint density at radius 3 is 2.82 bits per heavy atom. The lowest BCUT2D eigenvalue weighted by molar-refractivity contribution is 0.0565. The predicted octanol–water partition coefficient (Wildman–Crippen LogP) is 2.83. The van der Waals surface area contributed by atoms with Crippen molar-refractivity contribution in [2.24, 2.45) is 5.92 Å². The SMILES string of the molecule is Cc1ccc(CNC(=O)N(C)CC2CCCCC2O)cc1F. The van der Waals surface area contributed by atoms with Crippen molar-refractivity contribution >= 4 is 6.03 Å². The maximum absolute atomic E-state index is 13.5. The minimum Gasteiger partial charge on any atom is -0.393 e. The van der Waals surface area contributed by atoms with E-state index in [0.717, 1.165) is 31.2 Å². The molecule has 0 heterocycles. The number of aliphatic hydroxyl groups excluding tert-OH is 1. The second-order valence-corrected chi connectivity index (χ2v) is 6.23. The van der Waals surface area contributed by atoms with Gasteiger partial charge in [0.1, 0.15) is 5.82 Å². The van der Waals surface area contributed by atoms with Crippen LogP contribution in [0.25, 0.3) is 0 Å². The average Bonchev–Trinajstić information content (AvgIpc) is 2.50. The van der Waals surface area contributed by atoms with Gasteiger partial charge in [0.05, 0.1) is 6.10 Å². The van der Waals surface area contributed by atoms with Gasteiger partial charge in [0.25, 0.3) is 0 Å². The number of aliphatic hydroxyl groups is 1. The first kappa shape index (κ1) is 16.7. The fourth-order valence-electron chi connectivity index (χ4n) is 2.89. The van der Waals surface area contributed by atoms with Gasteiger partial charge in [0, 0.05) is 26.1 Å². The molecule has 122 valence electrons. The molecule has 2 rings (SSSR count). The van der Waals surface area contributed by atoms with E-state index >= 15 is 0 Å². The fraction of sp³-hybridized carbons (Fsp3) is 0.588. The molecule has 1 aliphatic rings. The number of benzene rings is 1. The zero-order valence-electron chi connectivity index (χ0n) is 13.3. The highest BCUT2D eigenvalue weighted by molar-refractivity contribution is 5.73. The number of aryl methyl sites for hydroxylation is 1. The van der Waals surface area contributed by atoms with Gasteiger partial charge in [0.2, 0.25) is 0 Å². The van der Waals surface area contributed by atoms with Gasteiger partial charge in [-0.3, -0.25) is 0 Å². The molecule has 2 amide bonds. The number of carbonyl (C=O) groups excluding carboxylic acids is 1. The first-order chi connectivity index (χ1) is 10.5. The molecule has 2 unspecified atom stereocenters. The summed E-state index contributed by atoms with van der Waals surface area (Å²) >= 11 is 0. The Balaban J connectivity index is 1.81. The maximum atomic E-state index is 13.5. The van der Waals surface area contributed by atoms with Gasteiger partial charge in [-0.1, -0.05) is 25.0 Å². The maximum Gasteiger partial charge on any atom is 0.317 e. The Hall–Kier alpha value is -1.62. The van der Waals surface area contributed by atoms with Crippen molar-refractivity contribution in [3.05, 3.63) is 35.1 Å². The molecule has 2 N–H and O–H groups in total. The van der Waals surface area contributed by atoms with Gasteiger partial charge in [0.15, 0.2) is 0 Å². The van der Waals surface area contributed by atoms with E-state index in [4.69, 9.17) is 0 Å². The molecule has 0 aliphatic heterocycles. The number of nitrogens with one attached hydrogen (secondary N) is 1. The number of amides is 2.